The average molecular weight is 274 g/mol. The molecule has 0 N–H and O–H groups in total. The Kier molecular flexibility index (Phi) is 3.94. The smallest absolute Gasteiger partial charge is 0.184 e. The maximum absolute atomic E-state index is 13.1. The molecular formula is C15H9ClFNO. The summed E-state index contributed by atoms with van der Waals surface area (Å²) in [6, 6.07) is 13.8. The van der Waals surface area contributed by atoms with E-state index < -0.39 is 17.5 Å². The lowest BCUT2D eigenvalue weighted by Crippen LogP contribution is -2.12. The minimum Gasteiger partial charge on any atom is -0.292 e. The molecule has 94 valence electrons. The first-order chi connectivity index (χ1) is 9.13. The van der Waals surface area contributed by atoms with Gasteiger partial charge in [0.15, 0.2) is 5.78 Å². The molecule has 0 radical (unpaired) electrons. The molecule has 2 nitrogen and oxygen atoms in total. The molecule has 0 aromatic heterocycles. The highest BCUT2D eigenvalue weighted by Crippen LogP contribution is 2.27. The minimum absolute atomic E-state index is 0.159. The second-order valence-corrected chi connectivity index (χ2v) is 4.37. The van der Waals surface area contributed by atoms with Crippen molar-refractivity contribution in [2.24, 2.45) is 0 Å². The van der Waals surface area contributed by atoms with Gasteiger partial charge in [0.2, 0.25) is 0 Å². The number of carbonyl (C=O) groups excluding carboxylic acids is 1. The van der Waals surface area contributed by atoms with Gasteiger partial charge in [0, 0.05) is 10.6 Å². The lowest BCUT2D eigenvalue weighted by Gasteiger charge is -2.10. The SMILES string of the molecule is N#CC(C(=O)c1cccc(F)c1)c1ccccc1Cl. The van der Waals surface area contributed by atoms with E-state index in [2.05, 4.69) is 0 Å². The molecule has 4 heteroatoms. The van der Waals surface area contributed by atoms with E-state index in [1.807, 2.05) is 6.07 Å². The van der Waals surface area contributed by atoms with Crippen LogP contribution in [0, 0.1) is 17.1 Å². The largest absolute Gasteiger partial charge is 0.292 e. The molecule has 19 heavy (non-hydrogen) atoms. The van der Waals surface area contributed by atoms with E-state index in [-0.39, 0.29) is 5.56 Å². The van der Waals surface area contributed by atoms with Crippen molar-refractivity contribution in [3.8, 4) is 6.07 Å². The van der Waals surface area contributed by atoms with Gasteiger partial charge in [-0.25, -0.2) is 4.39 Å². The maximum atomic E-state index is 13.1. The second-order valence-electron chi connectivity index (χ2n) is 3.96. The molecule has 0 heterocycles. The summed E-state index contributed by atoms with van der Waals surface area (Å²) in [7, 11) is 0. The van der Waals surface area contributed by atoms with Crippen LogP contribution in [-0.2, 0) is 0 Å². The van der Waals surface area contributed by atoms with E-state index in [4.69, 9.17) is 11.6 Å². The zero-order valence-electron chi connectivity index (χ0n) is 9.81. The van der Waals surface area contributed by atoms with Crippen molar-refractivity contribution >= 4 is 17.4 Å². The van der Waals surface area contributed by atoms with Crippen LogP contribution in [0.3, 0.4) is 0 Å². The van der Waals surface area contributed by atoms with Gasteiger partial charge in [0.05, 0.1) is 6.07 Å². The number of nitriles is 1. The highest BCUT2D eigenvalue weighted by atomic mass is 35.5. The maximum Gasteiger partial charge on any atom is 0.184 e. The predicted octanol–water partition coefficient (Wildman–Crippen LogP) is 3.97. The van der Waals surface area contributed by atoms with Crippen molar-refractivity contribution in [2.45, 2.75) is 5.92 Å². The van der Waals surface area contributed by atoms with Gasteiger partial charge in [-0.1, -0.05) is 41.9 Å². The van der Waals surface area contributed by atoms with Gasteiger partial charge in [0.25, 0.3) is 0 Å². The summed E-state index contributed by atoms with van der Waals surface area (Å²) >= 11 is 5.98. The van der Waals surface area contributed by atoms with E-state index >= 15 is 0 Å². The molecule has 0 saturated heterocycles. The number of benzene rings is 2. The molecule has 0 aliphatic heterocycles. The number of rotatable bonds is 3. The van der Waals surface area contributed by atoms with Crippen molar-refractivity contribution in [1.82, 2.24) is 0 Å². The number of hydrogen-bond acceptors (Lipinski definition) is 2. The van der Waals surface area contributed by atoms with Gasteiger partial charge in [-0.2, -0.15) is 5.26 Å². The van der Waals surface area contributed by atoms with Gasteiger partial charge in [-0.05, 0) is 23.8 Å². The second kappa shape index (κ2) is 5.64. The summed E-state index contributed by atoms with van der Waals surface area (Å²) < 4.78 is 13.1. The topological polar surface area (TPSA) is 40.9 Å². The van der Waals surface area contributed by atoms with Crippen LogP contribution in [0.2, 0.25) is 5.02 Å². The fourth-order valence-corrected chi connectivity index (χ4v) is 2.03. The third-order valence-electron chi connectivity index (χ3n) is 2.72. The molecular weight excluding hydrogens is 265 g/mol. The third kappa shape index (κ3) is 2.81. The van der Waals surface area contributed by atoms with E-state index in [1.54, 1.807) is 24.3 Å². The van der Waals surface area contributed by atoms with Crippen LogP contribution in [0.25, 0.3) is 0 Å². The molecule has 2 rings (SSSR count). The van der Waals surface area contributed by atoms with Crippen LogP contribution in [0.15, 0.2) is 48.5 Å². The first-order valence-corrected chi connectivity index (χ1v) is 5.95. The standard InChI is InChI=1S/C15H9ClFNO/c16-14-7-2-1-6-12(14)13(9-18)15(19)10-4-3-5-11(17)8-10/h1-8,13H. The molecule has 2 aromatic rings. The van der Waals surface area contributed by atoms with Crippen LogP contribution in [0.4, 0.5) is 4.39 Å². The fourth-order valence-electron chi connectivity index (χ4n) is 1.79. The number of nitrogens with zero attached hydrogens (tertiary/aromatic N) is 1. The molecule has 0 saturated carbocycles. The number of carbonyl (C=O) groups is 1. The summed E-state index contributed by atoms with van der Waals surface area (Å²) in [5, 5.41) is 9.53. The lowest BCUT2D eigenvalue weighted by molar-refractivity contribution is 0.0978. The summed E-state index contributed by atoms with van der Waals surface area (Å²) in [4.78, 5) is 12.2. The Hall–Kier alpha value is -2.18. The summed E-state index contributed by atoms with van der Waals surface area (Å²) in [5.74, 6) is -2.01. The van der Waals surface area contributed by atoms with Crippen molar-refractivity contribution in [3.63, 3.8) is 0 Å². The molecule has 0 spiro atoms. The summed E-state index contributed by atoms with van der Waals surface area (Å²) in [6.07, 6.45) is 0. The highest BCUT2D eigenvalue weighted by Gasteiger charge is 2.23. The normalized spacial score (nSPS) is 11.6. The number of halogens is 2. The van der Waals surface area contributed by atoms with Gasteiger partial charge in [-0.15, -0.1) is 0 Å². The van der Waals surface area contributed by atoms with Crippen LogP contribution in [0.1, 0.15) is 21.8 Å². The van der Waals surface area contributed by atoms with Crippen LogP contribution in [-0.4, -0.2) is 5.78 Å². The molecule has 0 aliphatic carbocycles. The van der Waals surface area contributed by atoms with Crippen molar-refractivity contribution in [2.75, 3.05) is 0 Å². The summed E-state index contributed by atoms with van der Waals surface area (Å²) in [5.41, 5.74) is 0.590. The van der Waals surface area contributed by atoms with Crippen molar-refractivity contribution in [1.29, 1.82) is 5.26 Å². The molecule has 1 atom stereocenters. The molecule has 1 unspecified atom stereocenters. The monoisotopic (exact) mass is 273 g/mol. The third-order valence-corrected chi connectivity index (χ3v) is 3.06. The zero-order chi connectivity index (χ0) is 13.8. The summed E-state index contributed by atoms with van der Waals surface area (Å²) in [6.45, 7) is 0. The number of Topliss-reactive ketones (excluding diaryl/α,β-unsaturated/α-hetero) is 1. The Bertz CT molecular complexity index is 663. The van der Waals surface area contributed by atoms with Crippen molar-refractivity contribution < 1.29 is 9.18 Å². The quantitative estimate of drug-likeness (QED) is 0.794. The van der Waals surface area contributed by atoms with Crippen LogP contribution < -0.4 is 0 Å². The van der Waals surface area contributed by atoms with E-state index in [0.29, 0.717) is 10.6 Å². The molecule has 0 fully saturated rings. The van der Waals surface area contributed by atoms with E-state index in [0.717, 1.165) is 6.07 Å². The first-order valence-electron chi connectivity index (χ1n) is 5.57. The Labute approximate surface area is 115 Å². The predicted molar refractivity (Wildman–Crippen MR) is 70.5 cm³/mol. The molecule has 0 aliphatic rings. The Morgan fingerprint density at radius 3 is 2.58 bits per heavy atom. The molecule has 0 amide bonds. The molecule has 2 aromatic carbocycles. The Morgan fingerprint density at radius 2 is 1.95 bits per heavy atom. The van der Waals surface area contributed by atoms with Crippen LogP contribution >= 0.6 is 11.6 Å². The zero-order valence-corrected chi connectivity index (χ0v) is 10.6. The van der Waals surface area contributed by atoms with Gasteiger partial charge in [-0.3, -0.25) is 4.79 Å². The van der Waals surface area contributed by atoms with Gasteiger partial charge >= 0.3 is 0 Å². The minimum atomic E-state index is -1.03. The number of hydrogen-bond donors (Lipinski definition) is 0. The Balaban J connectivity index is 2.42. The number of ketones is 1. The van der Waals surface area contributed by atoms with E-state index in [9.17, 15) is 14.4 Å². The first kappa shape index (κ1) is 13.3. The van der Waals surface area contributed by atoms with Crippen molar-refractivity contribution in [3.05, 3.63) is 70.5 Å². The van der Waals surface area contributed by atoms with Gasteiger partial charge in [0.1, 0.15) is 11.7 Å². The Morgan fingerprint density at radius 1 is 1.21 bits per heavy atom. The van der Waals surface area contributed by atoms with E-state index in [1.165, 1.54) is 18.2 Å². The fraction of sp³-hybridized carbons (Fsp3) is 0.0667. The van der Waals surface area contributed by atoms with Crippen LogP contribution in [0.5, 0.6) is 0 Å². The van der Waals surface area contributed by atoms with Gasteiger partial charge < -0.3 is 0 Å². The molecule has 0 bridgehead atoms. The average Bonchev–Trinajstić information content (AvgIpc) is 2.41. The lowest BCUT2D eigenvalue weighted by atomic mass is 9.92. The highest BCUT2D eigenvalue weighted by molar-refractivity contribution is 6.31.